The summed E-state index contributed by atoms with van der Waals surface area (Å²) < 4.78 is 0. The van der Waals surface area contributed by atoms with Crippen molar-refractivity contribution >= 4 is 15.9 Å². The van der Waals surface area contributed by atoms with Crippen LogP contribution in [0.25, 0.3) is 0 Å². The largest absolute Gasteiger partial charge is 0.297 e. The quantitative estimate of drug-likeness (QED) is 0.638. The lowest BCUT2D eigenvalue weighted by Crippen LogP contribution is -2.36. The summed E-state index contributed by atoms with van der Waals surface area (Å²) >= 11 is 3.52. The molecule has 0 aliphatic heterocycles. The molecule has 72 valence electrons. The summed E-state index contributed by atoms with van der Waals surface area (Å²) in [5.41, 5.74) is 0. The second kappa shape index (κ2) is 5.23. The van der Waals surface area contributed by atoms with Gasteiger partial charge in [-0.1, -0.05) is 29.3 Å². The summed E-state index contributed by atoms with van der Waals surface area (Å²) in [6.45, 7) is 5.87. The van der Waals surface area contributed by atoms with Crippen molar-refractivity contribution in [3.05, 3.63) is 0 Å². The molecule has 0 aromatic heterocycles. The molecule has 0 saturated heterocycles. The summed E-state index contributed by atoms with van der Waals surface area (Å²) in [4.78, 5) is 2.66. The Kier molecular flexibility index (Phi) is 4.59. The van der Waals surface area contributed by atoms with E-state index >= 15 is 0 Å². The lowest BCUT2D eigenvalue weighted by Gasteiger charge is -2.28. The maximum Gasteiger partial charge on any atom is 0.0159 e. The zero-order valence-corrected chi connectivity index (χ0v) is 9.81. The van der Waals surface area contributed by atoms with Crippen molar-refractivity contribution in [1.82, 2.24) is 4.90 Å². The molecule has 0 heterocycles. The summed E-state index contributed by atoms with van der Waals surface area (Å²) in [6.07, 6.45) is 5.53. The van der Waals surface area contributed by atoms with E-state index in [4.69, 9.17) is 0 Å². The van der Waals surface area contributed by atoms with Crippen LogP contribution in [-0.2, 0) is 0 Å². The Bertz CT molecular complexity index is 123. The fourth-order valence-corrected chi connectivity index (χ4v) is 2.26. The molecule has 2 heteroatoms. The fraction of sp³-hybridized carbons (Fsp3) is 1.00. The first-order valence-corrected chi connectivity index (χ1v) is 6.23. The molecule has 1 atom stereocenters. The molecule has 1 aliphatic rings. The van der Waals surface area contributed by atoms with Gasteiger partial charge in [0.1, 0.15) is 0 Å². The van der Waals surface area contributed by atoms with Crippen molar-refractivity contribution in [2.45, 2.75) is 51.6 Å². The normalized spacial score (nSPS) is 20.0. The molecule has 1 rings (SSSR count). The SMILES string of the molecule is CCCC(C)N(CCBr)C1CC1. The van der Waals surface area contributed by atoms with Crippen LogP contribution in [0.5, 0.6) is 0 Å². The topological polar surface area (TPSA) is 3.24 Å². The lowest BCUT2D eigenvalue weighted by atomic mass is 10.1. The predicted molar refractivity (Wildman–Crippen MR) is 57.9 cm³/mol. The van der Waals surface area contributed by atoms with E-state index in [0.717, 1.165) is 17.4 Å². The minimum atomic E-state index is 0.792. The molecule has 0 radical (unpaired) electrons. The van der Waals surface area contributed by atoms with Gasteiger partial charge in [0.25, 0.3) is 0 Å². The Morgan fingerprint density at radius 1 is 1.50 bits per heavy atom. The van der Waals surface area contributed by atoms with Gasteiger partial charge in [-0.25, -0.2) is 0 Å². The number of hydrogen-bond donors (Lipinski definition) is 0. The van der Waals surface area contributed by atoms with Crippen LogP contribution in [-0.4, -0.2) is 28.9 Å². The molecule has 1 fully saturated rings. The van der Waals surface area contributed by atoms with Gasteiger partial charge in [0.05, 0.1) is 0 Å². The maximum absolute atomic E-state index is 3.52. The van der Waals surface area contributed by atoms with Crippen LogP contribution in [0.15, 0.2) is 0 Å². The van der Waals surface area contributed by atoms with E-state index in [9.17, 15) is 0 Å². The zero-order valence-electron chi connectivity index (χ0n) is 8.22. The van der Waals surface area contributed by atoms with E-state index in [0.29, 0.717) is 0 Å². The van der Waals surface area contributed by atoms with Crippen molar-refractivity contribution in [3.8, 4) is 0 Å². The number of hydrogen-bond acceptors (Lipinski definition) is 1. The Hall–Kier alpha value is 0.440. The maximum atomic E-state index is 3.52. The molecule has 0 bridgehead atoms. The number of rotatable bonds is 6. The molecule has 0 aromatic carbocycles. The third kappa shape index (κ3) is 3.06. The van der Waals surface area contributed by atoms with Gasteiger partial charge in [-0.2, -0.15) is 0 Å². The Morgan fingerprint density at radius 3 is 2.58 bits per heavy atom. The second-order valence-corrected chi connectivity index (χ2v) is 4.59. The molecular weight excluding hydrogens is 214 g/mol. The van der Waals surface area contributed by atoms with Crippen LogP contribution >= 0.6 is 15.9 Å². The van der Waals surface area contributed by atoms with Crippen LogP contribution in [0.2, 0.25) is 0 Å². The van der Waals surface area contributed by atoms with E-state index in [1.807, 2.05) is 0 Å². The van der Waals surface area contributed by atoms with Crippen LogP contribution in [0.1, 0.15) is 39.5 Å². The third-order valence-electron chi connectivity index (χ3n) is 2.63. The Labute approximate surface area is 84.6 Å². The monoisotopic (exact) mass is 233 g/mol. The Balaban J connectivity index is 2.29. The van der Waals surface area contributed by atoms with Crippen molar-refractivity contribution in [2.24, 2.45) is 0 Å². The van der Waals surface area contributed by atoms with Gasteiger partial charge in [0, 0.05) is 24.0 Å². The molecule has 0 N–H and O–H groups in total. The average molecular weight is 234 g/mol. The standard InChI is InChI=1S/C10H20BrN/c1-3-4-9(2)12(8-7-11)10-5-6-10/h9-10H,3-8H2,1-2H3. The van der Waals surface area contributed by atoms with Gasteiger partial charge in [0.2, 0.25) is 0 Å². The molecular formula is C10H20BrN. The van der Waals surface area contributed by atoms with Crippen molar-refractivity contribution in [1.29, 1.82) is 0 Å². The zero-order chi connectivity index (χ0) is 8.97. The van der Waals surface area contributed by atoms with E-state index in [1.54, 1.807) is 0 Å². The number of nitrogens with zero attached hydrogens (tertiary/aromatic N) is 1. The summed E-state index contributed by atoms with van der Waals surface area (Å²) in [7, 11) is 0. The first-order valence-electron chi connectivity index (χ1n) is 5.11. The van der Waals surface area contributed by atoms with Crippen LogP contribution in [0.3, 0.4) is 0 Å². The molecule has 0 spiro atoms. The van der Waals surface area contributed by atoms with Gasteiger partial charge in [-0.05, 0) is 26.2 Å². The highest BCUT2D eigenvalue weighted by Crippen LogP contribution is 2.29. The average Bonchev–Trinajstić information content (AvgIpc) is 2.83. The summed E-state index contributed by atoms with van der Waals surface area (Å²) in [5, 5.41) is 1.12. The van der Waals surface area contributed by atoms with Crippen molar-refractivity contribution in [3.63, 3.8) is 0 Å². The minimum absolute atomic E-state index is 0.792. The van der Waals surface area contributed by atoms with Crippen molar-refractivity contribution in [2.75, 3.05) is 11.9 Å². The highest BCUT2D eigenvalue weighted by atomic mass is 79.9. The van der Waals surface area contributed by atoms with E-state index < -0.39 is 0 Å². The fourth-order valence-electron chi connectivity index (χ4n) is 1.85. The molecule has 1 aliphatic carbocycles. The summed E-state index contributed by atoms with van der Waals surface area (Å²) in [5.74, 6) is 0. The third-order valence-corrected chi connectivity index (χ3v) is 2.99. The molecule has 1 saturated carbocycles. The van der Waals surface area contributed by atoms with E-state index in [-0.39, 0.29) is 0 Å². The van der Waals surface area contributed by atoms with E-state index in [1.165, 1.54) is 32.2 Å². The predicted octanol–water partition coefficient (Wildman–Crippen LogP) is 3.03. The molecule has 12 heavy (non-hydrogen) atoms. The van der Waals surface area contributed by atoms with Crippen molar-refractivity contribution < 1.29 is 0 Å². The first kappa shape index (κ1) is 10.5. The second-order valence-electron chi connectivity index (χ2n) is 3.80. The lowest BCUT2D eigenvalue weighted by molar-refractivity contribution is 0.201. The van der Waals surface area contributed by atoms with Crippen LogP contribution < -0.4 is 0 Å². The van der Waals surface area contributed by atoms with Crippen LogP contribution in [0.4, 0.5) is 0 Å². The van der Waals surface area contributed by atoms with Gasteiger partial charge in [-0.3, -0.25) is 4.90 Å². The van der Waals surface area contributed by atoms with Gasteiger partial charge in [0.15, 0.2) is 0 Å². The van der Waals surface area contributed by atoms with E-state index in [2.05, 4.69) is 34.7 Å². The first-order chi connectivity index (χ1) is 5.79. The minimum Gasteiger partial charge on any atom is -0.297 e. The van der Waals surface area contributed by atoms with Gasteiger partial charge < -0.3 is 0 Å². The Morgan fingerprint density at radius 2 is 2.17 bits per heavy atom. The molecule has 0 aromatic rings. The summed E-state index contributed by atoms with van der Waals surface area (Å²) in [6, 6.07) is 1.71. The molecule has 1 unspecified atom stereocenters. The van der Waals surface area contributed by atoms with Gasteiger partial charge >= 0.3 is 0 Å². The van der Waals surface area contributed by atoms with Crippen LogP contribution in [0, 0.1) is 0 Å². The highest BCUT2D eigenvalue weighted by molar-refractivity contribution is 9.09. The highest BCUT2D eigenvalue weighted by Gasteiger charge is 2.30. The number of alkyl halides is 1. The molecule has 1 nitrogen and oxygen atoms in total. The smallest absolute Gasteiger partial charge is 0.0159 e. The van der Waals surface area contributed by atoms with Gasteiger partial charge in [-0.15, -0.1) is 0 Å². The number of halogens is 1. The molecule has 0 amide bonds.